The first-order valence-electron chi connectivity index (χ1n) is 22.3. The van der Waals surface area contributed by atoms with Gasteiger partial charge >= 0.3 is 0 Å². The van der Waals surface area contributed by atoms with Crippen molar-refractivity contribution in [3.05, 3.63) is 93.2 Å². The van der Waals surface area contributed by atoms with Crippen molar-refractivity contribution in [2.24, 2.45) is 16.0 Å². The van der Waals surface area contributed by atoms with E-state index in [1.165, 1.54) is 11.8 Å². The second kappa shape index (κ2) is 20.1. The van der Waals surface area contributed by atoms with E-state index in [1.54, 1.807) is 50.1 Å². The Balaban J connectivity index is 0.000000221. The maximum Gasteiger partial charge on any atom is 0.289 e. The Bertz CT molecular complexity index is 2500. The lowest BCUT2D eigenvalue weighted by Crippen LogP contribution is -2.49. The molecule has 0 unspecified atom stereocenters. The molecule has 0 radical (unpaired) electrons. The number of hydrogen-bond donors (Lipinski definition) is 0. The Morgan fingerprint density at radius 1 is 0.631 bits per heavy atom. The Hall–Kier alpha value is -6.53. The van der Waals surface area contributed by atoms with Crippen molar-refractivity contribution in [2.45, 2.75) is 119 Å². The highest BCUT2D eigenvalue weighted by Crippen LogP contribution is 2.48. The number of likely N-dealkylation sites (tertiary alicyclic amines) is 2. The van der Waals surface area contributed by atoms with Gasteiger partial charge in [-0.1, -0.05) is 23.1 Å². The van der Waals surface area contributed by atoms with Crippen LogP contribution < -0.4 is 4.84 Å². The molecule has 0 N–H and O–H groups in total. The molecule has 2 aromatic carbocycles. The van der Waals surface area contributed by atoms with E-state index in [9.17, 15) is 33.6 Å². The van der Waals surface area contributed by atoms with Crippen LogP contribution >= 0.6 is 0 Å². The van der Waals surface area contributed by atoms with Crippen molar-refractivity contribution in [2.75, 3.05) is 26.2 Å². The zero-order valence-corrected chi connectivity index (χ0v) is 38.8. The van der Waals surface area contributed by atoms with Gasteiger partial charge in [-0.15, -0.1) is 11.8 Å². The molecule has 4 aliphatic rings. The number of Topliss-reactive ketones (excluding diaryl/α,β-unsaturated/α-hetero) is 5. The molecule has 2 aliphatic carbocycles. The van der Waals surface area contributed by atoms with Crippen molar-refractivity contribution in [1.82, 2.24) is 14.8 Å². The average Bonchev–Trinajstić information content (AvgIpc) is 3.25. The first-order valence-corrected chi connectivity index (χ1v) is 22.3. The normalized spacial score (nSPS) is 19.4. The molecule has 0 bridgehead atoms. The number of rotatable bonds is 6. The number of benzene rings is 2. The second-order valence-electron chi connectivity index (χ2n) is 18.3. The van der Waals surface area contributed by atoms with Gasteiger partial charge in [-0.2, -0.15) is 0 Å². The van der Waals surface area contributed by atoms with Gasteiger partial charge in [-0.25, -0.2) is 4.98 Å². The van der Waals surface area contributed by atoms with Gasteiger partial charge in [-0.3, -0.25) is 33.6 Å². The summed E-state index contributed by atoms with van der Waals surface area (Å²) in [6.45, 7) is 16.0. The van der Waals surface area contributed by atoms with E-state index < -0.39 is 23.5 Å². The fourth-order valence-electron chi connectivity index (χ4n) is 10.4. The van der Waals surface area contributed by atoms with Crippen molar-refractivity contribution in [1.29, 1.82) is 0 Å². The third-order valence-electron chi connectivity index (χ3n) is 13.5. The number of oxime groups is 1. The predicted molar refractivity (Wildman–Crippen MR) is 246 cm³/mol. The number of piperidine rings is 2. The van der Waals surface area contributed by atoms with Gasteiger partial charge in [0.2, 0.25) is 11.7 Å². The highest BCUT2D eigenvalue weighted by atomic mass is 16.6. The van der Waals surface area contributed by atoms with E-state index in [1.807, 2.05) is 52.0 Å². The van der Waals surface area contributed by atoms with Crippen LogP contribution in [0.5, 0.6) is 5.88 Å². The Morgan fingerprint density at radius 2 is 1.02 bits per heavy atom. The minimum atomic E-state index is -0.711. The molecule has 2 amide bonds. The number of carbonyl (C=O) groups is 7. The van der Waals surface area contributed by atoms with Crippen molar-refractivity contribution < 1.29 is 38.4 Å². The summed E-state index contributed by atoms with van der Waals surface area (Å²) in [4.78, 5) is 102. The Morgan fingerprint density at radius 3 is 1.35 bits per heavy atom. The molecule has 2 aliphatic heterocycles. The second-order valence-corrected chi connectivity index (χ2v) is 18.3. The molecule has 338 valence electrons. The number of hydrogen-bond acceptors (Lipinski definition) is 10. The van der Waals surface area contributed by atoms with Crippen LogP contribution in [0.4, 0.5) is 0 Å². The van der Waals surface area contributed by atoms with Crippen LogP contribution in [0.1, 0.15) is 135 Å². The van der Waals surface area contributed by atoms with Crippen LogP contribution in [0, 0.1) is 62.2 Å². The summed E-state index contributed by atoms with van der Waals surface area (Å²) >= 11 is 0. The molecule has 12 nitrogen and oxygen atoms in total. The quantitative estimate of drug-likeness (QED) is 0.0833. The Labute approximate surface area is 381 Å². The average molecular weight is 879 g/mol. The molecule has 4 fully saturated rings. The third-order valence-corrected chi connectivity index (χ3v) is 13.5. The first-order chi connectivity index (χ1) is 30.9. The van der Waals surface area contributed by atoms with Crippen molar-refractivity contribution >= 4 is 46.4 Å². The van der Waals surface area contributed by atoms with Crippen LogP contribution in [0.3, 0.4) is 0 Å². The van der Waals surface area contributed by atoms with Crippen LogP contribution in [0.15, 0.2) is 53.8 Å². The molecule has 2 saturated carbocycles. The molecular formula is C53H58N4O8. The number of amides is 2. The predicted octanol–water partition coefficient (Wildman–Crippen LogP) is 7.04. The SMILES string of the molecule is CC#Cc1cc(C)c(C2C(=O)CC3(CCN(C(=O)/C(C)=N/Oc4ccccn4)CC3)CC2=O)c(C)c1.CC#Cc1cc(C)c(C2C(=O)CC3(CCN(C(=O)C(C)=O)CC3)CC2=O)c(C)c1. The standard InChI is InChI=1S/C29H31N3O4.C24H27NO4/c1-5-8-22-15-19(2)26(20(3)16-22)27-23(33)17-29(18-24(27)34)10-13-32(14-11-29)28(35)21(4)31-36-25-9-6-7-12-30-25;1-5-6-18-11-15(2)21(16(3)12-18)22-19(27)13-24(14-20(22)28)7-9-25(10-8-24)23(29)17(4)26/h6-7,9,12,15-16,27H,10-11,13-14,17-18H2,1-4H3;11-12,22H,7-10,13-14H2,1-4H3/b31-21+;. The molecular weight excluding hydrogens is 821 g/mol. The van der Waals surface area contributed by atoms with Gasteiger partial charge in [0, 0.05) is 82.2 Å². The van der Waals surface area contributed by atoms with Crippen LogP contribution in [-0.4, -0.2) is 87.4 Å². The van der Waals surface area contributed by atoms with Crippen molar-refractivity contribution in [3.63, 3.8) is 0 Å². The fourth-order valence-corrected chi connectivity index (χ4v) is 10.4. The lowest BCUT2D eigenvalue weighted by molar-refractivity contribution is -0.147. The maximum atomic E-state index is 13.4. The number of ketones is 5. The molecule has 12 heteroatoms. The van der Waals surface area contributed by atoms with E-state index >= 15 is 0 Å². The maximum absolute atomic E-state index is 13.4. The molecule has 3 heterocycles. The zero-order chi connectivity index (χ0) is 47.2. The number of aromatic nitrogens is 1. The summed E-state index contributed by atoms with van der Waals surface area (Å²) < 4.78 is 0. The van der Waals surface area contributed by atoms with Gasteiger partial charge in [0.15, 0.2) is 0 Å². The van der Waals surface area contributed by atoms with Gasteiger partial charge in [0.25, 0.3) is 11.8 Å². The van der Waals surface area contributed by atoms with E-state index in [0.29, 0.717) is 83.4 Å². The smallest absolute Gasteiger partial charge is 0.289 e. The molecule has 2 spiro atoms. The van der Waals surface area contributed by atoms with Crippen LogP contribution in [-0.2, 0) is 33.6 Å². The Kier molecular flexibility index (Phi) is 14.8. The summed E-state index contributed by atoms with van der Waals surface area (Å²) in [5.74, 6) is 9.49. The molecule has 0 atom stereocenters. The number of pyridine rings is 1. The minimum absolute atomic E-state index is 0.0203. The lowest BCUT2D eigenvalue weighted by atomic mass is 9.62. The van der Waals surface area contributed by atoms with Crippen LogP contribution in [0.2, 0.25) is 0 Å². The monoisotopic (exact) mass is 878 g/mol. The van der Waals surface area contributed by atoms with Gasteiger partial charge < -0.3 is 14.6 Å². The molecule has 65 heavy (non-hydrogen) atoms. The van der Waals surface area contributed by atoms with Gasteiger partial charge in [-0.05, 0) is 149 Å². The molecule has 3 aromatic rings. The summed E-state index contributed by atoms with van der Waals surface area (Å²) in [5.41, 5.74) is 6.60. The highest BCUT2D eigenvalue weighted by molar-refractivity contribution is 6.37. The van der Waals surface area contributed by atoms with E-state index in [4.69, 9.17) is 4.84 Å². The third kappa shape index (κ3) is 10.7. The number of nitrogens with zero attached hydrogens (tertiary/aromatic N) is 4. The zero-order valence-electron chi connectivity index (χ0n) is 38.8. The molecule has 1 aromatic heterocycles. The topological polar surface area (TPSA) is 160 Å². The minimum Gasteiger partial charge on any atom is -0.337 e. The summed E-state index contributed by atoms with van der Waals surface area (Å²) in [7, 11) is 0. The fraction of sp³-hybridized carbons (Fsp3) is 0.453. The number of aryl methyl sites for hydroxylation is 4. The van der Waals surface area contributed by atoms with Gasteiger partial charge in [0.05, 0.1) is 0 Å². The summed E-state index contributed by atoms with van der Waals surface area (Å²) in [6.07, 6.45) is 5.39. The first kappa shape index (κ1) is 47.9. The van der Waals surface area contributed by atoms with E-state index in [2.05, 4.69) is 33.8 Å². The lowest BCUT2D eigenvalue weighted by Gasteiger charge is -2.44. The van der Waals surface area contributed by atoms with E-state index in [-0.39, 0.29) is 45.6 Å². The highest BCUT2D eigenvalue weighted by Gasteiger charge is 2.49. The van der Waals surface area contributed by atoms with E-state index in [0.717, 1.165) is 44.5 Å². The van der Waals surface area contributed by atoms with Crippen molar-refractivity contribution in [3.8, 4) is 29.6 Å². The number of carbonyl (C=O) groups excluding carboxylic acids is 7. The van der Waals surface area contributed by atoms with Gasteiger partial charge in [0.1, 0.15) is 40.7 Å². The van der Waals surface area contributed by atoms with Crippen LogP contribution in [0.25, 0.3) is 0 Å². The molecule has 2 saturated heterocycles. The molecule has 7 rings (SSSR count). The summed E-state index contributed by atoms with van der Waals surface area (Å²) in [5, 5.41) is 3.92. The summed E-state index contributed by atoms with van der Waals surface area (Å²) in [6, 6.07) is 13.0. The largest absolute Gasteiger partial charge is 0.337 e.